The summed E-state index contributed by atoms with van der Waals surface area (Å²) in [5.74, 6) is -1.13. The Hall–Kier alpha value is -2.76. The minimum atomic E-state index is -1.21. The number of rotatable bonds is 5. The first-order chi connectivity index (χ1) is 16.2. The fraction of sp³-hybridized carbons (Fsp3) is 0.522. The van der Waals surface area contributed by atoms with Crippen molar-refractivity contribution in [1.29, 1.82) is 0 Å². The monoisotopic (exact) mass is 492 g/mol. The van der Waals surface area contributed by atoms with Crippen molar-refractivity contribution in [2.45, 2.75) is 58.5 Å². The molecular weight excluding hydrogens is 460 g/mol. The van der Waals surface area contributed by atoms with E-state index in [2.05, 4.69) is 20.9 Å². The number of carbonyl (C=O) groups excluding carboxylic acids is 4. The third-order valence-electron chi connectivity index (χ3n) is 4.85. The number of aliphatic hydroxyl groups is 1. The van der Waals surface area contributed by atoms with E-state index >= 15 is 0 Å². The van der Waals surface area contributed by atoms with Crippen molar-refractivity contribution >= 4 is 34.7 Å². The van der Waals surface area contributed by atoms with Crippen molar-refractivity contribution in [3.05, 3.63) is 41.7 Å². The Morgan fingerprint density at radius 1 is 1.29 bits per heavy atom. The molecule has 1 aromatic heterocycles. The van der Waals surface area contributed by atoms with Gasteiger partial charge in [0.25, 0.3) is 5.91 Å². The van der Waals surface area contributed by atoms with Gasteiger partial charge in [0, 0.05) is 12.7 Å². The Morgan fingerprint density at radius 2 is 2.06 bits per heavy atom. The number of thioether (sulfide) groups is 1. The van der Waals surface area contributed by atoms with Gasteiger partial charge < -0.3 is 20.5 Å². The van der Waals surface area contributed by atoms with Crippen LogP contribution in [-0.2, 0) is 25.7 Å². The van der Waals surface area contributed by atoms with Crippen molar-refractivity contribution in [2.75, 3.05) is 12.3 Å². The molecule has 3 atom stereocenters. The number of hydrogen-bond acceptors (Lipinski definition) is 9. The van der Waals surface area contributed by atoms with Gasteiger partial charge in [-0.15, -0.1) is 0 Å². The highest BCUT2D eigenvalue weighted by Crippen LogP contribution is 2.12. The topological polar surface area (TPSA) is 147 Å². The Kier molecular flexibility index (Phi) is 11.2. The third kappa shape index (κ3) is 9.62. The molecule has 0 saturated heterocycles. The molecule has 2 heterocycles. The first-order valence-electron chi connectivity index (χ1n) is 11.1. The average Bonchev–Trinajstić information content (AvgIpc) is 2.78. The number of amides is 2. The Morgan fingerprint density at radius 3 is 2.76 bits per heavy atom. The lowest BCUT2D eigenvalue weighted by molar-refractivity contribution is -0.152. The Balaban J connectivity index is 2.22. The molecule has 0 saturated carbocycles. The second-order valence-corrected chi connectivity index (χ2v) is 9.41. The first-order valence-corrected chi connectivity index (χ1v) is 12.1. The molecule has 0 fully saturated rings. The standard InChI is InChI=1S/C23H32N4O6S/c1-14(2)21-23(32)33-17(8-4-5-10-34-15(3)28)11-19(29)24-12-16-7-6-9-18(26-16)22(31)25-13-20(30)27-21/h4,6-9,14,17,20-21,27,30H,5,10-13H2,1-3H3,(H,24,29)(H,25,31)/b8-4+/t17-,20?,21?/m1/s1. The predicted molar refractivity (Wildman–Crippen MR) is 128 cm³/mol. The van der Waals surface area contributed by atoms with Gasteiger partial charge in [-0.1, -0.05) is 37.8 Å². The molecule has 34 heavy (non-hydrogen) atoms. The van der Waals surface area contributed by atoms with Crippen LogP contribution in [0.15, 0.2) is 30.4 Å². The van der Waals surface area contributed by atoms with Crippen LogP contribution in [0.25, 0.3) is 0 Å². The molecule has 11 heteroatoms. The van der Waals surface area contributed by atoms with Crippen LogP contribution in [0.4, 0.5) is 0 Å². The van der Waals surface area contributed by atoms with Gasteiger partial charge in [-0.05, 0) is 30.5 Å². The van der Waals surface area contributed by atoms with E-state index in [1.165, 1.54) is 24.8 Å². The highest BCUT2D eigenvalue weighted by molar-refractivity contribution is 8.13. The number of aliphatic hydroxyl groups excluding tert-OH is 1. The van der Waals surface area contributed by atoms with Crippen LogP contribution >= 0.6 is 11.8 Å². The number of fused-ring (bicyclic) bond motifs is 2. The molecule has 2 bridgehead atoms. The fourth-order valence-electron chi connectivity index (χ4n) is 3.12. The van der Waals surface area contributed by atoms with Crippen LogP contribution in [0.1, 0.15) is 49.8 Å². The Bertz CT molecular complexity index is 907. The van der Waals surface area contributed by atoms with Crippen LogP contribution in [0.5, 0.6) is 0 Å². The van der Waals surface area contributed by atoms with Crippen LogP contribution < -0.4 is 16.0 Å². The molecule has 1 aliphatic rings. The molecule has 0 radical (unpaired) electrons. The normalized spacial score (nSPS) is 22.9. The maximum absolute atomic E-state index is 12.9. The molecule has 1 aliphatic heterocycles. The third-order valence-corrected chi connectivity index (χ3v) is 5.70. The number of cyclic esters (lactones) is 1. The van der Waals surface area contributed by atoms with Gasteiger partial charge in [0.2, 0.25) is 5.91 Å². The van der Waals surface area contributed by atoms with Crippen LogP contribution in [0.2, 0.25) is 0 Å². The zero-order chi connectivity index (χ0) is 25.1. The number of β-amino-alcohol motifs (C(OH)–C–C–N with tert-alkyl or cyclic N) is 1. The number of nitrogens with zero attached hydrogens (tertiary/aromatic N) is 1. The summed E-state index contributed by atoms with van der Waals surface area (Å²) in [5.41, 5.74) is 0.632. The van der Waals surface area contributed by atoms with Crippen molar-refractivity contribution in [3.63, 3.8) is 0 Å². The van der Waals surface area contributed by atoms with Gasteiger partial charge in [0.15, 0.2) is 5.12 Å². The first kappa shape index (κ1) is 27.5. The molecule has 1 aromatic rings. The smallest absolute Gasteiger partial charge is 0.324 e. The van der Waals surface area contributed by atoms with Gasteiger partial charge in [0.1, 0.15) is 24.1 Å². The van der Waals surface area contributed by atoms with E-state index in [0.717, 1.165) is 0 Å². The summed E-state index contributed by atoms with van der Waals surface area (Å²) in [6, 6.07) is 3.99. The molecule has 10 nitrogen and oxygen atoms in total. The maximum atomic E-state index is 12.9. The summed E-state index contributed by atoms with van der Waals surface area (Å²) < 4.78 is 5.60. The minimum absolute atomic E-state index is 0.0159. The van der Waals surface area contributed by atoms with Gasteiger partial charge in [-0.25, -0.2) is 4.98 Å². The number of hydrogen-bond donors (Lipinski definition) is 4. The quantitative estimate of drug-likeness (QED) is 0.267. The molecule has 2 rings (SSSR count). The molecule has 0 aromatic carbocycles. The number of pyridine rings is 1. The van der Waals surface area contributed by atoms with Crippen LogP contribution in [0, 0.1) is 5.92 Å². The number of carbonyl (C=O) groups is 4. The van der Waals surface area contributed by atoms with E-state index in [1.54, 1.807) is 38.1 Å². The van der Waals surface area contributed by atoms with E-state index in [4.69, 9.17) is 4.74 Å². The zero-order valence-electron chi connectivity index (χ0n) is 19.6. The molecule has 0 spiro atoms. The largest absolute Gasteiger partial charge is 0.456 e. The minimum Gasteiger partial charge on any atom is -0.456 e. The van der Waals surface area contributed by atoms with Crippen molar-refractivity contribution in [2.24, 2.45) is 5.92 Å². The van der Waals surface area contributed by atoms with Crippen LogP contribution in [-0.4, -0.2) is 63.7 Å². The lowest BCUT2D eigenvalue weighted by Gasteiger charge is -2.26. The number of allylic oxidation sites excluding steroid dienone is 1. The van der Waals surface area contributed by atoms with Gasteiger partial charge >= 0.3 is 5.97 Å². The van der Waals surface area contributed by atoms with E-state index in [1.807, 2.05) is 0 Å². The number of aromatic nitrogens is 1. The summed E-state index contributed by atoms with van der Waals surface area (Å²) in [6.07, 6.45) is 1.82. The summed E-state index contributed by atoms with van der Waals surface area (Å²) in [5, 5.41) is 18.4. The van der Waals surface area contributed by atoms with E-state index in [9.17, 15) is 24.3 Å². The Labute approximate surface area is 203 Å². The average molecular weight is 493 g/mol. The summed E-state index contributed by atoms with van der Waals surface area (Å²) in [4.78, 5) is 53.1. The van der Waals surface area contributed by atoms with Crippen molar-refractivity contribution in [3.8, 4) is 0 Å². The van der Waals surface area contributed by atoms with Crippen molar-refractivity contribution in [1.82, 2.24) is 20.9 Å². The number of ether oxygens (including phenoxy) is 1. The molecule has 186 valence electrons. The zero-order valence-corrected chi connectivity index (χ0v) is 20.4. The predicted octanol–water partition coefficient (Wildman–Crippen LogP) is 0.902. The molecule has 4 N–H and O–H groups in total. The van der Waals surface area contributed by atoms with E-state index in [0.29, 0.717) is 17.9 Å². The highest BCUT2D eigenvalue weighted by Gasteiger charge is 2.28. The van der Waals surface area contributed by atoms with E-state index in [-0.39, 0.29) is 42.1 Å². The van der Waals surface area contributed by atoms with Gasteiger partial charge in [-0.2, -0.15) is 0 Å². The fourth-order valence-corrected chi connectivity index (χ4v) is 3.66. The van der Waals surface area contributed by atoms with Crippen molar-refractivity contribution < 1.29 is 29.0 Å². The lowest BCUT2D eigenvalue weighted by Crippen LogP contribution is -2.51. The number of esters is 1. The van der Waals surface area contributed by atoms with E-state index < -0.39 is 30.3 Å². The van der Waals surface area contributed by atoms with Crippen LogP contribution in [0.3, 0.4) is 0 Å². The maximum Gasteiger partial charge on any atom is 0.324 e. The summed E-state index contributed by atoms with van der Waals surface area (Å²) >= 11 is 1.19. The van der Waals surface area contributed by atoms with Gasteiger partial charge in [-0.3, -0.25) is 24.5 Å². The highest BCUT2D eigenvalue weighted by atomic mass is 32.2. The molecule has 2 amide bonds. The second kappa shape index (κ2) is 13.8. The summed E-state index contributed by atoms with van der Waals surface area (Å²) in [7, 11) is 0. The summed E-state index contributed by atoms with van der Waals surface area (Å²) in [6.45, 7) is 5.02. The molecular formula is C23H32N4O6S. The lowest BCUT2D eigenvalue weighted by atomic mass is 10.0. The molecule has 0 aliphatic carbocycles. The SMILES string of the molecule is CC(=O)SCC/C=C/[C@@H]1CC(=O)NCc2cccc(n2)C(=O)NCC(O)NC(C(C)C)C(=O)O1. The van der Waals surface area contributed by atoms with Gasteiger partial charge in [0.05, 0.1) is 25.2 Å². The molecule has 2 unspecified atom stereocenters. The number of nitrogens with one attached hydrogen (secondary N) is 3. The second-order valence-electron chi connectivity index (χ2n) is 8.14.